The highest BCUT2D eigenvalue weighted by Crippen LogP contribution is 2.40. The largest absolute Gasteiger partial charge is 0.495 e. The maximum absolute atomic E-state index is 13.4. The van der Waals surface area contributed by atoms with Gasteiger partial charge in [-0.2, -0.15) is 0 Å². The molecule has 3 N–H and O–H groups in total. The number of ether oxygens (including phenoxy) is 1. The van der Waals surface area contributed by atoms with Crippen molar-refractivity contribution in [2.75, 3.05) is 7.11 Å². The summed E-state index contributed by atoms with van der Waals surface area (Å²) in [5.41, 5.74) is 3.98. The van der Waals surface area contributed by atoms with Crippen molar-refractivity contribution in [2.24, 2.45) is 9.98 Å². The molecule has 3 aliphatic rings. The monoisotopic (exact) mass is 467 g/mol. The summed E-state index contributed by atoms with van der Waals surface area (Å²) in [6, 6.07) is 8.89. The number of nitrogens with zero attached hydrogens (tertiary/aromatic N) is 2. The Bertz CT molecular complexity index is 1650. The maximum atomic E-state index is 13.4. The zero-order valence-electron chi connectivity index (χ0n) is 16.9. The highest BCUT2D eigenvalue weighted by molar-refractivity contribution is 7.93. The van der Waals surface area contributed by atoms with Crippen molar-refractivity contribution in [3.8, 4) is 5.75 Å². The predicted octanol–water partition coefficient (Wildman–Crippen LogP) is 5.02. The van der Waals surface area contributed by atoms with Crippen molar-refractivity contribution in [1.29, 1.82) is 4.78 Å². The van der Waals surface area contributed by atoms with E-state index in [0.29, 0.717) is 43.7 Å². The minimum absolute atomic E-state index is 0.181. The number of H-pyrrole nitrogens is 2. The molecule has 0 spiro atoms. The van der Waals surface area contributed by atoms with E-state index < -0.39 is 9.73 Å². The number of halogens is 1. The number of methoxy groups -OCH3 is 1. The Morgan fingerprint density at radius 1 is 1.25 bits per heavy atom. The van der Waals surface area contributed by atoms with Crippen LogP contribution in [0.2, 0.25) is 0 Å². The van der Waals surface area contributed by atoms with Crippen molar-refractivity contribution < 1.29 is 13.4 Å². The zero-order valence-corrected chi connectivity index (χ0v) is 18.5. The van der Waals surface area contributed by atoms with Gasteiger partial charge in [0.25, 0.3) is 0 Å². The van der Waals surface area contributed by atoms with Crippen LogP contribution in [-0.4, -0.2) is 32.8 Å². The predicted molar refractivity (Wildman–Crippen MR) is 124 cm³/mol. The minimum Gasteiger partial charge on any atom is -0.495 e. The molecule has 1 unspecified atom stereocenters. The first-order chi connectivity index (χ1) is 15.5. The molecule has 0 saturated heterocycles. The van der Waals surface area contributed by atoms with Crippen LogP contribution >= 0.6 is 11.6 Å². The molecule has 1 atom stereocenters. The normalized spacial score (nSPS) is 17.5. The van der Waals surface area contributed by atoms with Crippen LogP contribution in [0.25, 0.3) is 27.1 Å². The SMILES string of the molecule is COc1cc(S(=N)(=O)C2CC2)c2cc1[nH]c1[nH]c(c3c4c(cccc4o2)N=C3)C(Cl)=CN=1. The fourth-order valence-electron chi connectivity index (χ4n) is 3.98. The second-order valence-corrected chi connectivity index (χ2v) is 10.5. The van der Waals surface area contributed by atoms with Crippen molar-refractivity contribution in [3.05, 3.63) is 53.4 Å². The summed E-state index contributed by atoms with van der Waals surface area (Å²) in [6.07, 6.45) is 4.81. The van der Waals surface area contributed by atoms with Gasteiger partial charge in [0.2, 0.25) is 5.62 Å². The third-order valence-electron chi connectivity index (χ3n) is 5.72. The van der Waals surface area contributed by atoms with Gasteiger partial charge in [-0.05, 0) is 25.0 Å². The fourth-order valence-corrected chi connectivity index (χ4v) is 6.02. The van der Waals surface area contributed by atoms with E-state index in [0.717, 1.165) is 29.5 Å². The van der Waals surface area contributed by atoms with Gasteiger partial charge in [0.05, 0.1) is 55.3 Å². The van der Waals surface area contributed by atoms with E-state index in [-0.39, 0.29) is 5.25 Å². The van der Waals surface area contributed by atoms with E-state index >= 15 is 0 Å². The topological polar surface area (TPSA) is 120 Å². The number of aromatic nitrogens is 2. The molecule has 2 aliphatic heterocycles. The molecule has 1 aliphatic carbocycles. The quantitative estimate of drug-likeness (QED) is 0.392. The molecule has 32 heavy (non-hydrogen) atoms. The van der Waals surface area contributed by atoms with E-state index in [1.54, 1.807) is 24.5 Å². The van der Waals surface area contributed by atoms with E-state index in [4.69, 9.17) is 25.5 Å². The summed E-state index contributed by atoms with van der Waals surface area (Å²) in [7, 11) is -1.55. The molecule has 162 valence electrons. The number of aromatic amines is 2. The van der Waals surface area contributed by atoms with Gasteiger partial charge < -0.3 is 19.1 Å². The highest BCUT2D eigenvalue weighted by Gasteiger charge is 2.35. The first kappa shape index (κ1) is 19.4. The average molecular weight is 468 g/mol. The molecule has 0 amide bonds. The van der Waals surface area contributed by atoms with Crippen LogP contribution in [0.3, 0.4) is 0 Å². The number of benzene rings is 2. The summed E-state index contributed by atoms with van der Waals surface area (Å²) < 4.78 is 34.0. The van der Waals surface area contributed by atoms with E-state index in [2.05, 4.69) is 20.0 Å². The average Bonchev–Trinajstić information content (AvgIpc) is 3.56. The molecule has 3 aromatic rings. The first-order valence-corrected chi connectivity index (χ1v) is 12.0. The lowest BCUT2D eigenvalue weighted by molar-refractivity contribution is 0.417. The maximum Gasteiger partial charge on any atom is 0.205 e. The molecular formula is C22H18ClN5O3S. The Hall–Kier alpha value is -3.30. The van der Waals surface area contributed by atoms with Crippen molar-refractivity contribution in [3.63, 3.8) is 0 Å². The summed E-state index contributed by atoms with van der Waals surface area (Å²) in [5, 5.41) is 1.01. The smallest absolute Gasteiger partial charge is 0.205 e. The van der Waals surface area contributed by atoms with Crippen molar-refractivity contribution in [1.82, 2.24) is 9.97 Å². The van der Waals surface area contributed by atoms with Crippen LogP contribution in [0, 0.1) is 4.78 Å². The number of aliphatic imine (C=N–C) groups is 1. The molecule has 0 radical (unpaired) electrons. The molecule has 2 aromatic carbocycles. The van der Waals surface area contributed by atoms with Gasteiger partial charge in [-0.1, -0.05) is 17.7 Å². The standard InChI is InChI=1S/C22H18ClN5O3S/c1-30-17-8-19(32(24,29)11-5-6-11)18-7-15(17)27-22-26-10-13(23)21(28-22)12-9-25-14-3-2-4-16(31-18)20(12)14/h2-4,7-11,24H,5-6H2,1H3,(H2,26,27,28). The number of fused-ring (bicyclic) bond motifs is 5. The van der Waals surface area contributed by atoms with Crippen LogP contribution in [0.5, 0.6) is 5.75 Å². The number of nitrogens with one attached hydrogen (secondary N) is 3. The Labute approximate surface area is 187 Å². The van der Waals surface area contributed by atoms with Crippen LogP contribution in [-0.2, 0) is 9.73 Å². The summed E-state index contributed by atoms with van der Waals surface area (Å²) in [4.78, 5) is 15.6. The molecule has 10 heteroatoms. The van der Waals surface area contributed by atoms with Gasteiger partial charge >= 0.3 is 0 Å². The van der Waals surface area contributed by atoms with E-state index in [9.17, 15) is 4.21 Å². The van der Waals surface area contributed by atoms with Gasteiger partial charge in [0, 0.05) is 29.2 Å². The summed E-state index contributed by atoms with van der Waals surface area (Å²) in [5.74, 6) is 0.436. The van der Waals surface area contributed by atoms with Crippen LogP contribution in [0.15, 0.2) is 55.8 Å². The Morgan fingerprint density at radius 3 is 2.88 bits per heavy atom. The van der Waals surface area contributed by atoms with Gasteiger partial charge in [0.15, 0.2) is 0 Å². The first-order valence-electron chi connectivity index (χ1n) is 10.0. The molecule has 1 saturated carbocycles. The third kappa shape index (κ3) is 2.92. The van der Waals surface area contributed by atoms with E-state index in [1.807, 2.05) is 18.2 Å². The Morgan fingerprint density at radius 2 is 2.09 bits per heavy atom. The lowest BCUT2D eigenvalue weighted by Gasteiger charge is -2.10. The van der Waals surface area contributed by atoms with Crippen molar-refractivity contribution in [2.45, 2.75) is 23.0 Å². The molecule has 1 fully saturated rings. The number of hydrogen-bond acceptors (Lipinski definition) is 6. The Balaban J connectivity index is 1.87. The highest BCUT2D eigenvalue weighted by atomic mass is 35.5. The molecule has 3 heterocycles. The van der Waals surface area contributed by atoms with Gasteiger partial charge in [-0.3, -0.25) is 4.99 Å². The number of rotatable bonds is 3. The molecular weight excluding hydrogens is 450 g/mol. The van der Waals surface area contributed by atoms with Gasteiger partial charge in [0.1, 0.15) is 16.9 Å². The second kappa shape index (κ2) is 6.85. The zero-order chi connectivity index (χ0) is 22.0. The molecule has 8 nitrogen and oxygen atoms in total. The second-order valence-electron chi connectivity index (χ2n) is 7.80. The number of hydrogen-bond donors (Lipinski definition) is 3. The minimum atomic E-state index is -3.07. The Kier molecular flexibility index (Phi) is 4.15. The van der Waals surface area contributed by atoms with E-state index in [1.165, 1.54) is 7.11 Å². The summed E-state index contributed by atoms with van der Waals surface area (Å²) in [6.45, 7) is 0. The van der Waals surface area contributed by atoms with Crippen LogP contribution in [0.1, 0.15) is 24.1 Å². The fraction of sp³-hybridized carbons (Fsp3) is 0.182. The van der Waals surface area contributed by atoms with Crippen LogP contribution < -0.4 is 10.4 Å². The lowest BCUT2D eigenvalue weighted by atomic mass is 10.1. The van der Waals surface area contributed by atoms with Crippen molar-refractivity contribution >= 4 is 60.3 Å². The van der Waals surface area contributed by atoms with Gasteiger partial charge in [-0.15, -0.1) is 0 Å². The summed E-state index contributed by atoms with van der Waals surface area (Å²) >= 11 is 6.48. The molecule has 4 bridgehead atoms. The molecule has 6 rings (SSSR count). The lowest BCUT2D eigenvalue weighted by Crippen LogP contribution is -2.15. The third-order valence-corrected chi connectivity index (χ3v) is 8.39. The molecule has 1 aromatic heterocycles. The van der Waals surface area contributed by atoms with Gasteiger partial charge in [-0.25, -0.2) is 14.0 Å². The van der Waals surface area contributed by atoms with Crippen LogP contribution in [0.4, 0.5) is 5.69 Å².